The van der Waals surface area contributed by atoms with Gasteiger partial charge in [0, 0.05) is 17.3 Å². The summed E-state index contributed by atoms with van der Waals surface area (Å²) in [5.74, 6) is 0.691. The Morgan fingerprint density at radius 3 is 2.86 bits per heavy atom. The van der Waals surface area contributed by atoms with Gasteiger partial charge in [-0.25, -0.2) is 4.79 Å². The van der Waals surface area contributed by atoms with E-state index in [4.69, 9.17) is 4.42 Å². The van der Waals surface area contributed by atoms with Gasteiger partial charge in [-0.2, -0.15) is 0 Å². The van der Waals surface area contributed by atoms with Gasteiger partial charge in [-0.05, 0) is 30.5 Å². The zero-order valence-electron chi connectivity index (χ0n) is 12.1. The van der Waals surface area contributed by atoms with E-state index in [1.54, 1.807) is 30.4 Å². The van der Waals surface area contributed by atoms with Crippen LogP contribution in [0, 0.1) is 0 Å². The molecule has 0 radical (unpaired) electrons. The maximum atomic E-state index is 11.8. The molecule has 0 unspecified atom stereocenters. The smallest absolute Gasteiger partial charge is 0.314 e. The number of carbonyl (C=O) groups is 1. The zero-order chi connectivity index (χ0) is 15.3. The molecule has 5 nitrogen and oxygen atoms in total. The van der Waals surface area contributed by atoms with E-state index in [0.29, 0.717) is 12.3 Å². The fraction of sp³-hybridized carbons (Fsp3) is 0.400. The first-order valence-corrected chi connectivity index (χ1v) is 7.68. The highest BCUT2D eigenvalue weighted by Crippen LogP contribution is 2.20. The third-order valence-electron chi connectivity index (χ3n) is 3.24. The minimum absolute atomic E-state index is 0.0831. The molecule has 2 amide bonds. The molecule has 0 bridgehead atoms. The molecule has 21 heavy (non-hydrogen) atoms. The molecule has 0 saturated carbocycles. The summed E-state index contributed by atoms with van der Waals surface area (Å²) in [5.41, 5.74) is -1.22. The number of nitrogens with one attached hydrogen (secondary N) is 2. The largest absolute Gasteiger partial charge is 0.466 e. The number of thiophene rings is 1. The van der Waals surface area contributed by atoms with Gasteiger partial charge in [-0.15, -0.1) is 11.3 Å². The van der Waals surface area contributed by atoms with Crippen molar-refractivity contribution in [2.75, 3.05) is 13.1 Å². The lowest BCUT2D eigenvalue weighted by molar-refractivity contribution is 0.0367. The maximum absolute atomic E-state index is 11.8. The molecule has 0 fully saturated rings. The molecule has 114 valence electrons. The Hall–Kier alpha value is -1.79. The van der Waals surface area contributed by atoms with Crippen LogP contribution in [0.3, 0.4) is 0 Å². The molecule has 0 saturated heterocycles. The summed E-state index contributed by atoms with van der Waals surface area (Å²) < 4.78 is 5.16. The quantitative estimate of drug-likeness (QED) is 0.768. The summed E-state index contributed by atoms with van der Waals surface area (Å²) >= 11 is 1.67. The molecule has 2 atom stereocenters. The number of hydrogen-bond donors (Lipinski definition) is 3. The van der Waals surface area contributed by atoms with Crippen LogP contribution in [-0.2, 0) is 5.60 Å². The second kappa shape index (κ2) is 6.78. The van der Waals surface area contributed by atoms with Gasteiger partial charge in [-0.1, -0.05) is 13.0 Å². The highest BCUT2D eigenvalue weighted by Gasteiger charge is 2.26. The van der Waals surface area contributed by atoms with Gasteiger partial charge in [0.05, 0.1) is 12.8 Å². The average molecular weight is 308 g/mol. The van der Waals surface area contributed by atoms with E-state index in [-0.39, 0.29) is 18.5 Å². The van der Waals surface area contributed by atoms with Crippen LogP contribution in [0.2, 0.25) is 0 Å². The van der Waals surface area contributed by atoms with Crippen LogP contribution in [0.15, 0.2) is 40.3 Å². The number of amides is 2. The number of furan rings is 1. The fourth-order valence-electron chi connectivity index (χ4n) is 1.91. The number of carbonyl (C=O) groups excluding carboxylic acids is 1. The van der Waals surface area contributed by atoms with Crippen LogP contribution in [0.25, 0.3) is 0 Å². The van der Waals surface area contributed by atoms with Crippen LogP contribution in [0.4, 0.5) is 4.79 Å². The highest BCUT2D eigenvalue weighted by molar-refractivity contribution is 7.10. The van der Waals surface area contributed by atoms with Crippen LogP contribution in [0.5, 0.6) is 0 Å². The summed E-state index contributed by atoms with van der Waals surface area (Å²) in [5, 5.41) is 17.7. The van der Waals surface area contributed by atoms with Crippen LogP contribution in [-0.4, -0.2) is 24.2 Å². The van der Waals surface area contributed by atoms with E-state index in [1.807, 2.05) is 11.4 Å². The van der Waals surface area contributed by atoms with E-state index in [1.165, 1.54) is 11.1 Å². The summed E-state index contributed by atoms with van der Waals surface area (Å²) in [6.07, 6.45) is 1.49. The Balaban J connectivity index is 1.75. The molecular weight excluding hydrogens is 288 g/mol. The first-order valence-electron chi connectivity index (χ1n) is 6.80. The number of aliphatic hydroxyl groups is 1. The monoisotopic (exact) mass is 308 g/mol. The van der Waals surface area contributed by atoms with E-state index in [2.05, 4.69) is 23.6 Å². The Bertz CT molecular complexity index is 550. The summed E-state index contributed by atoms with van der Waals surface area (Å²) in [6.45, 7) is 4.29. The minimum atomic E-state index is -1.22. The summed E-state index contributed by atoms with van der Waals surface area (Å²) in [7, 11) is 0. The molecule has 0 aliphatic rings. The molecule has 0 aliphatic carbocycles. The lowest BCUT2D eigenvalue weighted by Crippen LogP contribution is -2.44. The number of urea groups is 1. The zero-order valence-corrected chi connectivity index (χ0v) is 12.9. The molecule has 6 heteroatoms. The molecule has 2 heterocycles. The SMILES string of the molecule is C[C@@H](CNC(=O)NC[C@](C)(O)c1ccco1)c1cccs1. The van der Waals surface area contributed by atoms with Crippen molar-refractivity contribution >= 4 is 17.4 Å². The van der Waals surface area contributed by atoms with Crippen LogP contribution >= 0.6 is 11.3 Å². The van der Waals surface area contributed by atoms with Crippen molar-refractivity contribution in [1.82, 2.24) is 10.6 Å². The second-order valence-corrected chi connectivity index (χ2v) is 6.21. The van der Waals surface area contributed by atoms with Crippen LogP contribution in [0.1, 0.15) is 30.4 Å². The predicted molar refractivity (Wildman–Crippen MR) is 82.4 cm³/mol. The first kappa shape index (κ1) is 15.6. The third kappa shape index (κ3) is 4.34. The maximum Gasteiger partial charge on any atom is 0.314 e. The lowest BCUT2D eigenvalue weighted by Gasteiger charge is -2.21. The lowest BCUT2D eigenvalue weighted by atomic mass is 10.0. The molecule has 3 N–H and O–H groups in total. The van der Waals surface area contributed by atoms with E-state index in [9.17, 15) is 9.90 Å². The van der Waals surface area contributed by atoms with Gasteiger partial charge >= 0.3 is 6.03 Å². The minimum Gasteiger partial charge on any atom is -0.466 e. The first-order chi connectivity index (χ1) is 9.99. The molecule has 0 aliphatic heterocycles. The van der Waals surface area contributed by atoms with Crippen molar-refractivity contribution in [3.63, 3.8) is 0 Å². The van der Waals surface area contributed by atoms with Crippen molar-refractivity contribution in [3.8, 4) is 0 Å². The van der Waals surface area contributed by atoms with E-state index in [0.717, 1.165) is 0 Å². The molecule has 0 spiro atoms. The van der Waals surface area contributed by atoms with Crippen molar-refractivity contribution in [2.45, 2.75) is 25.4 Å². The van der Waals surface area contributed by atoms with Gasteiger partial charge in [-0.3, -0.25) is 0 Å². The predicted octanol–water partition coefficient (Wildman–Crippen LogP) is 2.65. The average Bonchev–Trinajstić information content (AvgIpc) is 3.14. The Morgan fingerprint density at radius 1 is 1.43 bits per heavy atom. The van der Waals surface area contributed by atoms with Crippen molar-refractivity contribution in [1.29, 1.82) is 0 Å². The normalized spacial score (nSPS) is 15.2. The fourth-order valence-corrected chi connectivity index (χ4v) is 2.69. The van der Waals surface area contributed by atoms with Gasteiger partial charge < -0.3 is 20.2 Å². The molecule has 2 aromatic rings. The third-order valence-corrected chi connectivity index (χ3v) is 4.35. The highest BCUT2D eigenvalue weighted by atomic mass is 32.1. The molecule has 0 aromatic carbocycles. The van der Waals surface area contributed by atoms with Crippen molar-refractivity contribution < 1.29 is 14.3 Å². The van der Waals surface area contributed by atoms with Gasteiger partial charge in [0.2, 0.25) is 0 Å². The molecule has 2 aromatic heterocycles. The number of rotatable bonds is 6. The number of hydrogen-bond acceptors (Lipinski definition) is 4. The van der Waals surface area contributed by atoms with Crippen molar-refractivity contribution in [3.05, 3.63) is 46.5 Å². The van der Waals surface area contributed by atoms with Gasteiger partial charge in [0.25, 0.3) is 0 Å². The standard InChI is InChI=1S/C15H20N2O3S/c1-11(12-5-4-8-21-12)9-16-14(18)17-10-15(2,19)13-6-3-7-20-13/h3-8,11,19H,9-10H2,1-2H3,(H2,16,17,18)/t11-,15-/m0/s1. The summed E-state index contributed by atoms with van der Waals surface area (Å²) in [4.78, 5) is 13.0. The van der Waals surface area contributed by atoms with Gasteiger partial charge in [0.1, 0.15) is 11.4 Å². The Kier molecular flexibility index (Phi) is 5.03. The Labute approximate surface area is 128 Å². The van der Waals surface area contributed by atoms with Crippen LogP contribution < -0.4 is 10.6 Å². The molecule has 2 rings (SSSR count). The van der Waals surface area contributed by atoms with Crippen molar-refractivity contribution in [2.24, 2.45) is 0 Å². The van der Waals surface area contributed by atoms with Gasteiger partial charge in [0.15, 0.2) is 0 Å². The summed E-state index contributed by atoms with van der Waals surface area (Å²) in [6, 6.07) is 7.13. The molecular formula is C15H20N2O3S. The van der Waals surface area contributed by atoms with E-state index >= 15 is 0 Å². The topological polar surface area (TPSA) is 74.5 Å². The Morgan fingerprint density at radius 2 is 2.24 bits per heavy atom. The second-order valence-electron chi connectivity index (χ2n) is 5.23. The van der Waals surface area contributed by atoms with E-state index < -0.39 is 5.60 Å².